The van der Waals surface area contributed by atoms with Crippen LogP contribution in [0.15, 0.2) is 18.2 Å². The third-order valence-electron chi connectivity index (χ3n) is 4.48. The molecule has 1 heterocycles. The van der Waals surface area contributed by atoms with Crippen molar-refractivity contribution in [1.82, 2.24) is 15.1 Å². The van der Waals surface area contributed by atoms with Crippen LogP contribution in [0.4, 0.5) is 5.69 Å². The molecule has 26 heavy (non-hydrogen) atoms. The Morgan fingerprint density at radius 2 is 1.65 bits per heavy atom. The van der Waals surface area contributed by atoms with Gasteiger partial charge in [0.05, 0.1) is 19.7 Å². The molecule has 0 bridgehead atoms. The van der Waals surface area contributed by atoms with E-state index in [2.05, 4.69) is 26.5 Å². The lowest BCUT2D eigenvalue weighted by molar-refractivity contribution is -0.123. The molecule has 2 N–H and O–H groups in total. The minimum Gasteiger partial charge on any atom is -0.383 e. The summed E-state index contributed by atoms with van der Waals surface area (Å²) < 4.78 is 4.92. The van der Waals surface area contributed by atoms with Gasteiger partial charge in [-0.3, -0.25) is 19.4 Å². The van der Waals surface area contributed by atoms with Crippen LogP contribution in [-0.2, 0) is 14.3 Å². The van der Waals surface area contributed by atoms with Crippen molar-refractivity contribution >= 4 is 17.5 Å². The average molecular weight is 362 g/mol. The molecule has 1 aliphatic rings. The van der Waals surface area contributed by atoms with Gasteiger partial charge in [-0.25, -0.2) is 0 Å². The highest BCUT2D eigenvalue weighted by atomic mass is 16.5. The van der Waals surface area contributed by atoms with Gasteiger partial charge in [-0.1, -0.05) is 17.7 Å². The van der Waals surface area contributed by atoms with Crippen molar-refractivity contribution in [2.45, 2.75) is 13.8 Å². The first kappa shape index (κ1) is 20.4. The van der Waals surface area contributed by atoms with E-state index < -0.39 is 0 Å². The van der Waals surface area contributed by atoms with Gasteiger partial charge < -0.3 is 15.4 Å². The summed E-state index contributed by atoms with van der Waals surface area (Å²) in [6, 6.07) is 6.01. The van der Waals surface area contributed by atoms with Crippen LogP contribution >= 0.6 is 0 Å². The van der Waals surface area contributed by atoms with E-state index in [1.54, 1.807) is 7.11 Å². The number of carbonyl (C=O) groups is 2. The standard InChI is InChI=1S/C19H30N4O3/c1-15-4-5-17(16(2)12-15)21-19(25)14-23-9-7-22(8-10-23)13-18(24)20-6-11-26-3/h4-5,12H,6-11,13-14H2,1-3H3,(H,20,24)(H,21,25). The molecule has 7 heteroatoms. The molecule has 144 valence electrons. The summed E-state index contributed by atoms with van der Waals surface area (Å²) in [6.45, 7) is 9.01. The first-order valence-corrected chi connectivity index (χ1v) is 9.05. The van der Waals surface area contributed by atoms with Gasteiger partial charge >= 0.3 is 0 Å². The molecule has 0 atom stereocenters. The van der Waals surface area contributed by atoms with Gasteiger partial charge in [-0.05, 0) is 25.5 Å². The summed E-state index contributed by atoms with van der Waals surface area (Å²) >= 11 is 0. The lowest BCUT2D eigenvalue weighted by atomic mass is 10.1. The predicted octanol–water partition coefficient (Wildman–Crippen LogP) is 0.622. The maximum absolute atomic E-state index is 12.3. The molecule has 0 aliphatic carbocycles. The van der Waals surface area contributed by atoms with Crippen LogP contribution in [-0.4, -0.2) is 81.1 Å². The largest absolute Gasteiger partial charge is 0.383 e. The van der Waals surface area contributed by atoms with Crippen molar-refractivity contribution in [1.29, 1.82) is 0 Å². The molecule has 0 unspecified atom stereocenters. The minimum absolute atomic E-state index is 0.00251. The number of aryl methyl sites for hydroxylation is 2. The topological polar surface area (TPSA) is 73.9 Å². The van der Waals surface area contributed by atoms with E-state index in [0.717, 1.165) is 37.4 Å². The number of benzene rings is 1. The van der Waals surface area contributed by atoms with Crippen molar-refractivity contribution in [2.24, 2.45) is 0 Å². The molecule has 1 aromatic carbocycles. The molecule has 0 aromatic heterocycles. The number of hydrogen-bond acceptors (Lipinski definition) is 5. The smallest absolute Gasteiger partial charge is 0.238 e. The molecule has 1 aromatic rings. The molecular formula is C19H30N4O3. The number of nitrogens with zero attached hydrogens (tertiary/aromatic N) is 2. The Kier molecular flexibility index (Phi) is 8.03. The van der Waals surface area contributed by atoms with Crippen LogP contribution in [0.3, 0.4) is 0 Å². The Labute approximate surface area is 155 Å². The van der Waals surface area contributed by atoms with Crippen molar-refractivity contribution < 1.29 is 14.3 Å². The van der Waals surface area contributed by atoms with E-state index in [4.69, 9.17) is 4.74 Å². The number of carbonyl (C=O) groups excluding carboxylic acids is 2. The average Bonchev–Trinajstić information content (AvgIpc) is 2.59. The number of ether oxygens (including phenoxy) is 1. The van der Waals surface area contributed by atoms with Gasteiger partial charge in [0.15, 0.2) is 0 Å². The Morgan fingerprint density at radius 3 is 2.23 bits per heavy atom. The second-order valence-electron chi connectivity index (χ2n) is 6.76. The van der Waals surface area contributed by atoms with Crippen molar-refractivity contribution in [3.8, 4) is 0 Å². The number of rotatable bonds is 8. The minimum atomic E-state index is 0.00251. The third-order valence-corrected chi connectivity index (χ3v) is 4.48. The highest BCUT2D eigenvalue weighted by Crippen LogP contribution is 2.16. The molecule has 0 radical (unpaired) electrons. The summed E-state index contributed by atoms with van der Waals surface area (Å²) in [5, 5.41) is 5.81. The number of methoxy groups -OCH3 is 1. The Bertz CT molecular complexity index is 613. The molecular weight excluding hydrogens is 332 g/mol. The molecule has 0 saturated carbocycles. The number of piperazine rings is 1. The highest BCUT2D eigenvalue weighted by Gasteiger charge is 2.20. The highest BCUT2D eigenvalue weighted by molar-refractivity contribution is 5.93. The molecule has 7 nitrogen and oxygen atoms in total. The van der Waals surface area contributed by atoms with E-state index in [-0.39, 0.29) is 11.8 Å². The second kappa shape index (κ2) is 10.3. The van der Waals surface area contributed by atoms with Crippen LogP contribution in [0.5, 0.6) is 0 Å². The Morgan fingerprint density at radius 1 is 1.04 bits per heavy atom. The van der Waals surface area contributed by atoms with Gasteiger partial charge in [-0.2, -0.15) is 0 Å². The van der Waals surface area contributed by atoms with Gasteiger partial charge in [0.1, 0.15) is 0 Å². The van der Waals surface area contributed by atoms with E-state index in [1.165, 1.54) is 5.56 Å². The van der Waals surface area contributed by atoms with Crippen molar-refractivity contribution in [3.63, 3.8) is 0 Å². The van der Waals surface area contributed by atoms with Gasteiger partial charge in [0.2, 0.25) is 11.8 Å². The zero-order valence-corrected chi connectivity index (χ0v) is 16.0. The molecule has 1 aliphatic heterocycles. The summed E-state index contributed by atoms with van der Waals surface area (Å²) in [6.07, 6.45) is 0. The van der Waals surface area contributed by atoms with Crippen LogP contribution in [0, 0.1) is 13.8 Å². The maximum Gasteiger partial charge on any atom is 0.238 e. The maximum atomic E-state index is 12.3. The fourth-order valence-electron chi connectivity index (χ4n) is 3.00. The summed E-state index contributed by atoms with van der Waals surface area (Å²) in [5.41, 5.74) is 3.12. The SMILES string of the molecule is COCCNC(=O)CN1CCN(CC(=O)Nc2ccc(C)cc2C)CC1. The quantitative estimate of drug-likeness (QED) is 0.664. The molecule has 1 saturated heterocycles. The molecule has 2 rings (SSSR count). The summed E-state index contributed by atoms with van der Waals surface area (Å²) in [4.78, 5) is 28.3. The Balaban J connectivity index is 1.69. The van der Waals surface area contributed by atoms with Crippen LogP contribution in [0.1, 0.15) is 11.1 Å². The number of amides is 2. The normalized spacial score (nSPS) is 15.7. The molecule has 2 amide bonds. The number of anilines is 1. The zero-order chi connectivity index (χ0) is 18.9. The second-order valence-corrected chi connectivity index (χ2v) is 6.76. The van der Waals surface area contributed by atoms with E-state index in [0.29, 0.717) is 26.2 Å². The summed E-state index contributed by atoms with van der Waals surface area (Å²) in [7, 11) is 1.61. The lowest BCUT2D eigenvalue weighted by Crippen LogP contribution is -2.51. The van der Waals surface area contributed by atoms with Crippen molar-refractivity contribution in [2.75, 3.05) is 64.8 Å². The predicted molar refractivity (Wildman–Crippen MR) is 102 cm³/mol. The first-order valence-electron chi connectivity index (χ1n) is 9.05. The Hall–Kier alpha value is -1.96. The number of hydrogen-bond donors (Lipinski definition) is 2. The molecule has 0 spiro atoms. The fraction of sp³-hybridized carbons (Fsp3) is 0.579. The lowest BCUT2D eigenvalue weighted by Gasteiger charge is -2.33. The fourth-order valence-corrected chi connectivity index (χ4v) is 3.00. The third kappa shape index (κ3) is 6.74. The van der Waals surface area contributed by atoms with Gasteiger partial charge in [-0.15, -0.1) is 0 Å². The van der Waals surface area contributed by atoms with Crippen LogP contribution in [0.2, 0.25) is 0 Å². The van der Waals surface area contributed by atoms with Crippen LogP contribution in [0.25, 0.3) is 0 Å². The molecule has 1 fully saturated rings. The van der Waals surface area contributed by atoms with E-state index >= 15 is 0 Å². The first-order chi connectivity index (χ1) is 12.5. The zero-order valence-electron chi connectivity index (χ0n) is 16.0. The monoisotopic (exact) mass is 362 g/mol. The van der Waals surface area contributed by atoms with E-state index in [9.17, 15) is 9.59 Å². The number of nitrogens with one attached hydrogen (secondary N) is 2. The summed E-state index contributed by atoms with van der Waals surface area (Å²) in [5.74, 6) is 0.0193. The van der Waals surface area contributed by atoms with Crippen LogP contribution < -0.4 is 10.6 Å². The van der Waals surface area contributed by atoms with Gasteiger partial charge in [0.25, 0.3) is 0 Å². The van der Waals surface area contributed by atoms with E-state index in [1.807, 2.05) is 26.0 Å². The van der Waals surface area contributed by atoms with Crippen molar-refractivity contribution in [3.05, 3.63) is 29.3 Å². The van der Waals surface area contributed by atoms with Gasteiger partial charge in [0, 0.05) is 45.5 Å².